The van der Waals surface area contributed by atoms with Gasteiger partial charge < -0.3 is 15.0 Å². The number of aromatic nitrogens is 3. The number of nitrogens with zero attached hydrogens (tertiary/aromatic N) is 4. The van der Waals surface area contributed by atoms with E-state index in [9.17, 15) is 4.79 Å². The van der Waals surface area contributed by atoms with Gasteiger partial charge in [0.2, 0.25) is 0 Å². The SMILES string of the molecule is CC(C)OC(=O)N1CCCC1CNc1ccc2ncc(C3CC3)n2n1. The van der Waals surface area contributed by atoms with Crippen molar-refractivity contribution in [1.82, 2.24) is 19.5 Å². The van der Waals surface area contributed by atoms with E-state index in [0.29, 0.717) is 12.5 Å². The molecule has 0 bridgehead atoms. The molecule has 0 aromatic carbocycles. The minimum atomic E-state index is -0.214. The topological polar surface area (TPSA) is 71.8 Å². The van der Waals surface area contributed by atoms with Crippen molar-refractivity contribution < 1.29 is 9.53 Å². The molecule has 1 atom stereocenters. The van der Waals surface area contributed by atoms with E-state index in [0.717, 1.165) is 30.9 Å². The molecule has 2 fully saturated rings. The molecule has 7 nitrogen and oxygen atoms in total. The lowest BCUT2D eigenvalue weighted by Crippen LogP contribution is -2.40. The Bertz CT molecular complexity index is 768. The maximum absolute atomic E-state index is 12.2. The van der Waals surface area contributed by atoms with Gasteiger partial charge in [-0.3, -0.25) is 0 Å². The van der Waals surface area contributed by atoms with Crippen LogP contribution < -0.4 is 5.32 Å². The Labute approximate surface area is 147 Å². The van der Waals surface area contributed by atoms with Crippen molar-refractivity contribution in [3.8, 4) is 0 Å². The summed E-state index contributed by atoms with van der Waals surface area (Å²) in [7, 11) is 0. The number of amides is 1. The molecule has 1 unspecified atom stereocenters. The van der Waals surface area contributed by atoms with Gasteiger partial charge in [-0.05, 0) is 51.7 Å². The highest BCUT2D eigenvalue weighted by Gasteiger charge is 2.30. The van der Waals surface area contributed by atoms with E-state index < -0.39 is 0 Å². The number of hydrogen-bond donors (Lipinski definition) is 1. The third-order valence-corrected chi connectivity index (χ3v) is 4.85. The standard InChI is InChI=1S/C18H25N5O2/c1-12(2)25-18(24)22-9-3-4-14(22)10-19-16-7-8-17-20-11-15(13-5-6-13)23(17)21-16/h7-8,11-14H,3-6,9-10H2,1-2H3,(H,19,21). The molecule has 1 saturated heterocycles. The Hall–Kier alpha value is -2.31. The van der Waals surface area contributed by atoms with Crippen molar-refractivity contribution in [3.63, 3.8) is 0 Å². The van der Waals surface area contributed by atoms with Gasteiger partial charge in [0.1, 0.15) is 5.82 Å². The van der Waals surface area contributed by atoms with Gasteiger partial charge in [-0.1, -0.05) is 0 Å². The maximum atomic E-state index is 12.2. The fraction of sp³-hybridized carbons (Fsp3) is 0.611. The maximum Gasteiger partial charge on any atom is 0.410 e. The summed E-state index contributed by atoms with van der Waals surface area (Å²) in [6.45, 7) is 5.20. The average Bonchev–Trinajstić information content (AvgIpc) is 3.16. The zero-order chi connectivity index (χ0) is 17.4. The Morgan fingerprint density at radius 3 is 2.96 bits per heavy atom. The van der Waals surface area contributed by atoms with Crippen LogP contribution in [0.4, 0.5) is 10.6 Å². The zero-order valence-electron chi connectivity index (χ0n) is 14.8. The van der Waals surface area contributed by atoms with Gasteiger partial charge in [0, 0.05) is 19.0 Å². The Kier molecular flexibility index (Phi) is 4.23. The lowest BCUT2D eigenvalue weighted by atomic mass is 10.2. The zero-order valence-corrected chi connectivity index (χ0v) is 14.8. The number of rotatable bonds is 5. The number of ether oxygens (including phenoxy) is 1. The number of likely N-dealkylation sites (tertiary alicyclic amines) is 1. The van der Waals surface area contributed by atoms with E-state index in [1.807, 2.05) is 41.6 Å². The lowest BCUT2D eigenvalue weighted by Gasteiger charge is -2.25. The second-order valence-electron chi connectivity index (χ2n) is 7.25. The molecule has 1 aliphatic heterocycles. The molecule has 7 heteroatoms. The first-order valence-electron chi connectivity index (χ1n) is 9.17. The Morgan fingerprint density at radius 1 is 1.36 bits per heavy atom. The van der Waals surface area contributed by atoms with Crippen LogP contribution in [0, 0.1) is 0 Å². The summed E-state index contributed by atoms with van der Waals surface area (Å²) >= 11 is 0. The minimum absolute atomic E-state index is 0.0899. The van der Waals surface area contributed by atoms with Crippen molar-refractivity contribution in [1.29, 1.82) is 0 Å². The number of fused-ring (bicyclic) bond motifs is 1. The molecule has 1 saturated carbocycles. The van der Waals surface area contributed by atoms with E-state index in [1.165, 1.54) is 18.5 Å². The third kappa shape index (κ3) is 3.41. The van der Waals surface area contributed by atoms with Crippen LogP contribution in [0.15, 0.2) is 18.3 Å². The average molecular weight is 343 g/mol. The molecule has 4 rings (SSSR count). The monoisotopic (exact) mass is 343 g/mol. The molecular weight excluding hydrogens is 318 g/mol. The molecule has 0 radical (unpaired) electrons. The predicted octanol–water partition coefficient (Wildman–Crippen LogP) is 3.03. The van der Waals surface area contributed by atoms with Gasteiger partial charge in [0.25, 0.3) is 0 Å². The number of hydrogen-bond acceptors (Lipinski definition) is 5. The van der Waals surface area contributed by atoms with Crippen LogP contribution in [0.25, 0.3) is 5.65 Å². The molecule has 134 valence electrons. The van der Waals surface area contributed by atoms with Crippen molar-refractivity contribution in [3.05, 3.63) is 24.0 Å². The lowest BCUT2D eigenvalue weighted by molar-refractivity contribution is 0.0746. The van der Waals surface area contributed by atoms with Crippen LogP contribution in [0.3, 0.4) is 0 Å². The number of carbonyl (C=O) groups is 1. The molecule has 3 heterocycles. The number of nitrogens with one attached hydrogen (secondary N) is 1. The highest BCUT2D eigenvalue weighted by molar-refractivity contribution is 5.68. The van der Waals surface area contributed by atoms with Crippen molar-refractivity contribution in [2.45, 2.75) is 57.6 Å². The number of imidazole rings is 1. The van der Waals surface area contributed by atoms with E-state index in [4.69, 9.17) is 4.74 Å². The van der Waals surface area contributed by atoms with Crippen LogP contribution in [-0.4, -0.2) is 50.8 Å². The van der Waals surface area contributed by atoms with Crippen molar-refractivity contribution in [2.24, 2.45) is 0 Å². The van der Waals surface area contributed by atoms with Crippen LogP contribution in [0.2, 0.25) is 0 Å². The second-order valence-corrected chi connectivity index (χ2v) is 7.25. The second kappa shape index (κ2) is 6.54. The van der Waals surface area contributed by atoms with Gasteiger partial charge in [0.15, 0.2) is 5.65 Å². The van der Waals surface area contributed by atoms with Crippen LogP contribution in [0.1, 0.15) is 51.1 Å². The van der Waals surface area contributed by atoms with Crippen LogP contribution in [-0.2, 0) is 4.74 Å². The Morgan fingerprint density at radius 2 is 2.20 bits per heavy atom. The number of anilines is 1. The molecule has 1 N–H and O–H groups in total. The molecular formula is C18H25N5O2. The summed E-state index contributed by atoms with van der Waals surface area (Å²) in [6, 6.07) is 4.08. The minimum Gasteiger partial charge on any atom is -0.447 e. The van der Waals surface area contributed by atoms with E-state index >= 15 is 0 Å². The van der Waals surface area contributed by atoms with Crippen molar-refractivity contribution in [2.75, 3.05) is 18.4 Å². The predicted molar refractivity (Wildman–Crippen MR) is 94.8 cm³/mol. The number of carbonyl (C=O) groups excluding carboxylic acids is 1. The molecule has 0 spiro atoms. The summed E-state index contributed by atoms with van der Waals surface area (Å²) < 4.78 is 7.29. The quantitative estimate of drug-likeness (QED) is 0.903. The van der Waals surface area contributed by atoms with E-state index in [-0.39, 0.29) is 18.2 Å². The van der Waals surface area contributed by atoms with Gasteiger partial charge in [-0.25, -0.2) is 14.3 Å². The van der Waals surface area contributed by atoms with Crippen LogP contribution in [0.5, 0.6) is 0 Å². The normalized spacial score (nSPS) is 20.4. The molecule has 25 heavy (non-hydrogen) atoms. The van der Waals surface area contributed by atoms with Gasteiger partial charge in [0.05, 0.1) is 24.0 Å². The summed E-state index contributed by atoms with van der Waals surface area (Å²) in [5.74, 6) is 1.42. The van der Waals surface area contributed by atoms with Crippen molar-refractivity contribution >= 4 is 17.6 Å². The first-order chi connectivity index (χ1) is 12.1. The van der Waals surface area contributed by atoms with E-state index in [2.05, 4.69) is 15.4 Å². The summed E-state index contributed by atoms with van der Waals surface area (Å²) in [6.07, 6.45) is 6.08. The molecule has 2 aromatic heterocycles. The van der Waals surface area contributed by atoms with Gasteiger partial charge in [-0.15, -0.1) is 5.10 Å². The summed E-state index contributed by atoms with van der Waals surface area (Å²) in [5.41, 5.74) is 2.08. The highest BCUT2D eigenvalue weighted by Crippen LogP contribution is 2.39. The molecule has 1 aliphatic carbocycles. The Balaban J connectivity index is 1.42. The summed E-state index contributed by atoms with van der Waals surface area (Å²) in [5, 5.41) is 8.07. The fourth-order valence-corrected chi connectivity index (χ4v) is 3.42. The van der Waals surface area contributed by atoms with Crippen LogP contribution >= 0.6 is 0 Å². The third-order valence-electron chi connectivity index (χ3n) is 4.85. The first-order valence-corrected chi connectivity index (χ1v) is 9.17. The summed E-state index contributed by atoms with van der Waals surface area (Å²) in [4.78, 5) is 18.4. The molecule has 2 aliphatic rings. The van der Waals surface area contributed by atoms with Gasteiger partial charge in [-0.2, -0.15) is 0 Å². The largest absolute Gasteiger partial charge is 0.447 e. The smallest absolute Gasteiger partial charge is 0.410 e. The molecule has 1 amide bonds. The fourth-order valence-electron chi connectivity index (χ4n) is 3.42. The molecule has 2 aromatic rings. The highest BCUT2D eigenvalue weighted by atomic mass is 16.6. The van der Waals surface area contributed by atoms with Gasteiger partial charge >= 0.3 is 6.09 Å². The van der Waals surface area contributed by atoms with E-state index in [1.54, 1.807) is 0 Å². The first kappa shape index (κ1) is 16.2.